The van der Waals surface area contributed by atoms with E-state index in [0.29, 0.717) is 5.54 Å². The summed E-state index contributed by atoms with van der Waals surface area (Å²) >= 11 is 6.07. The van der Waals surface area contributed by atoms with E-state index in [1.54, 1.807) is 0 Å². The van der Waals surface area contributed by atoms with Gasteiger partial charge in [-0.1, -0.05) is 13.8 Å². The van der Waals surface area contributed by atoms with Crippen molar-refractivity contribution in [3.05, 3.63) is 0 Å². The van der Waals surface area contributed by atoms with Crippen molar-refractivity contribution in [1.29, 1.82) is 0 Å². The fourth-order valence-corrected chi connectivity index (χ4v) is 2.30. The molecule has 0 unspecified atom stereocenters. The molecule has 1 aliphatic rings. The third-order valence-electron chi connectivity index (χ3n) is 2.83. The predicted octanol–water partition coefficient (Wildman–Crippen LogP) is 2.79. The molecule has 0 bridgehead atoms. The Kier molecular flexibility index (Phi) is 2.59. The topological polar surface area (TPSA) is 3.24 Å². The van der Waals surface area contributed by atoms with Crippen LogP contribution in [-0.4, -0.2) is 16.5 Å². The first kappa shape index (κ1) is 8.35. The smallest absolute Gasteiger partial charge is 0.0357 e. The lowest BCUT2D eigenvalue weighted by atomic mass is 9.91. The standard InChI is InChI=1S/C8H16ClN/c1-3-8(4-2)6-5-7-10(8)9/h3-7H2,1-2H3. The molecule has 60 valence electrons. The Bertz CT molecular complexity index is 110. The molecule has 0 N–H and O–H groups in total. The Morgan fingerprint density at radius 1 is 1.40 bits per heavy atom. The molecule has 1 fully saturated rings. The van der Waals surface area contributed by atoms with E-state index >= 15 is 0 Å². The summed E-state index contributed by atoms with van der Waals surface area (Å²) < 4.78 is 2.01. The Labute approximate surface area is 68.5 Å². The molecule has 0 aromatic heterocycles. The fourth-order valence-electron chi connectivity index (χ4n) is 1.85. The lowest BCUT2D eigenvalue weighted by Crippen LogP contribution is -2.36. The van der Waals surface area contributed by atoms with Crippen LogP contribution in [-0.2, 0) is 0 Å². The highest BCUT2D eigenvalue weighted by atomic mass is 35.5. The van der Waals surface area contributed by atoms with Crippen LogP contribution in [0.1, 0.15) is 39.5 Å². The molecule has 1 heterocycles. The van der Waals surface area contributed by atoms with Gasteiger partial charge in [-0.25, -0.2) is 4.42 Å². The van der Waals surface area contributed by atoms with Gasteiger partial charge in [-0.3, -0.25) is 0 Å². The Morgan fingerprint density at radius 3 is 2.20 bits per heavy atom. The van der Waals surface area contributed by atoms with Gasteiger partial charge in [-0.15, -0.1) is 0 Å². The maximum Gasteiger partial charge on any atom is 0.0357 e. The summed E-state index contributed by atoms with van der Waals surface area (Å²) in [6, 6.07) is 0. The molecule has 0 radical (unpaired) electrons. The van der Waals surface area contributed by atoms with E-state index in [0.717, 1.165) is 6.54 Å². The van der Waals surface area contributed by atoms with Crippen LogP contribution in [0.3, 0.4) is 0 Å². The normalized spacial score (nSPS) is 25.5. The number of rotatable bonds is 2. The molecule has 10 heavy (non-hydrogen) atoms. The molecule has 2 heteroatoms. The summed E-state index contributed by atoms with van der Waals surface area (Å²) in [5, 5.41) is 0. The fraction of sp³-hybridized carbons (Fsp3) is 1.00. The van der Waals surface area contributed by atoms with Gasteiger partial charge in [0.15, 0.2) is 0 Å². The number of halogens is 1. The third-order valence-corrected chi connectivity index (χ3v) is 3.36. The zero-order valence-electron chi connectivity index (χ0n) is 6.86. The molecule has 0 aromatic carbocycles. The molecule has 0 saturated carbocycles. The van der Waals surface area contributed by atoms with E-state index in [1.165, 1.54) is 25.7 Å². The van der Waals surface area contributed by atoms with Crippen LogP contribution in [0.4, 0.5) is 0 Å². The average Bonchev–Trinajstić information content (AvgIpc) is 2.32. The quantitative estimate of drug-likeness (QED) is 0.563. The molecule has 0 aromatic rings. The van der Waals surface area contributed by atoms with Crippen molar-refractivity contribution in [3.8, 4) is 0 Å². The minimum absolute atomic E-state index is 0.335. The van der Waals surface area contributed by atoms with Crippen molar-refractivity contribution in [1.82, 2.24) is 4.42 Å². The van der Waals surface area contributed by atoms with E-state index in [2.05, 4.69) is 13.8 Å². The molecular formula is C8H16ClN. The first-order chi connectivity index (χ1) is 4.75. The first-order valence-electron chi connectivity index (χ1n) is 4.18. The van der Waals surface area contributed by atoms with E-state index in [-0.39, 0.29) is 0 Å². The van der Waals surface area contributed by atoms with Crippen molar-refractivity contribution < 1.29 is 0 Å². The number of nitrogens with zero attached hydrogens (tertiary/aromatic N) is 1. The zero-order valence-corrected chi connectivity index (χ0v) is 7.62. The second kappa shape index (κ2) is 3.10. The van der Waals surface area contributed by atoms with Crippen LogP contribution in [0.15, 0.2) is 0 Å². The summed E-state index contributed by atoms with van der Waals surface area (Å²) in [5.74, 6) is 0. The Morgan fingerprint density at radius 2 is 2.00 bits per heavy atom. The lowest BCUT2D eigenvalue weighted by Gasteiger charge is -2.31. The average molecular weight is 162 g/mol. The second-order valence-electron chi connectivity index (χ2n) is 3.12. The summed E-state index contributed by atoms with van der Waals surface area (Å²) in [6.45, 7) is 5.53. The number of hydrogen-bond donors (Lipinski definition) is 0. The van der Waals surface area contributed by atoms with Gasteiger partial charge >= 0.3 is 0 Å². The maximum absolute atomic E-state index is 6.07. The summed E-state index contributed by atoms with van der Waals surface area (Å²) in [5.41, 5.74) is 0.335. The molecular weight excluding hydrogens is 146 g/mol. The number of hydrogen-bond acceptors (Lipinski definition) is 1. The Balaban J connectivity index is 2.61. The highest BCUT2D eigenvalue weighted by molar-refractivity contribution is 6.14. The Hall–Kier alpha value is 0.250. The third kappa shape index (κ3) is 1.17. The van der Waals surface area contributed by atoms with E-state index in [1.807, 2.05) is 4.42 Å². The van der Waals surface area contributed by atoms with Crippen molar-refractivity contribution in [3.63, 3.8) is 0 Å². The lowest BCUT2D eigenvalue weighted by molar-refractivity contribution is 0.232. The van der Waals surface area contributed by atoms with Crippen molar-refractivity contribution >= 4 is 11.8 Å². The maximum atomic E-state index is 6.07. The molecule has 1 rings (SSSR count). The molecule has 1 aliphatic heterocycles. The van der Waals surface area contributed by atoms with Crippen LogP contribution in [0.2, 0.25) is 0 Å². The summed E-state index contributed by atoms with van der Waals surface area (Å²) in [7, 11) is 0. The first-order valence-corrected chi connectivity index (χ1v) is 4.52. The highest BCUT2D eigenvalue weighted by Gasteiger charge is 2.36. The largest absolute Gasteiger partial charge is 0.214 e. The minimum atomic E-state index is 0.335. The SMILES string of the molecule is CCC1(CC)CCCN1Cl. The van der Waals surface area contributed by atoms with Crippen molar-refractivity contribution in [2.45, 2.75) is 45.1 Å². The zero-order chi connectivity index (χ0) is 7.61. The summed E-state index contributed by atoms with van der Waals surface area (Å²) in [6.07, 6.45) is 4.93. The van der Waals surface area contributed by atoms with E-state index in [9.17, 15) is 0 Å². The van der Waals surface area contributed by atoms with E-state index in [4.69, 9.17) is 11.8 Å². The minimum Gasteiger partial charge on any atom is -0.214 e. The van der Waals surface area contributed by atoms with Gasteiger partial charge in [0.05, 0.1) is 0 Å². The molecule has 0 aliphatic carbocycles. The van der Waals surface area contributed by atoms with Crippen molar-refractivity contribution in [2.24, 2.45) is 0 Å². The van der Waals surface area contributed by atoms with Crippen LogP contribution < -0.4 is 0 Å². The highest BCUT2D eigenvalue weighted by Crippen LogP contribution is 2.36. The van der Waals surface area contributed by atoms with Gasteiger partial charge in [0.25, 0.3) is 0 Å². The van der Waals surface area contributed by atoms with Gasteiger partial charge in [0.1, 0.15) is 0 Å². The molecule has 0 amide bonds. The van der Waals surface area contributed by atoms with Crippen molar-refractivity contribution in [2.75, 3.05) is 6.54 Å². The second-order valence-corrected chi connectivity index (χ2v) is 3.53. The van der Waals surface area contributed by atoms with Gasteiger partial charge in [-0.2, -0.15) is 0 Å². The summed E-state index contributed by atoms with van der Waals surface area (Å²) in [4.78, 5) is 0. The van der Waals surface area contributed by atoms with Gasteiger partial charge < -0.3 is 0 Å². The monoisotopic (exact) mass is 161 g/mol. The van der Waals surface area contributed by atoms with Crippen LogP contribution in [0, 0.1) is 0 Å². The molecule has 1 saturated heterocycles. The van der Waals surface area contributed by atoms with Crippen LogP contribution in [0.5, 0.6) is 0 Å². The molecule has 0 atom stereocenters. The molecule has 1 nitrogen and oxygen atoms in total. The van der Waals surface area contributed by atoms with Crippen LogP contribution in [0.25, 0.3) is 0 Å². The van der Waals surface area contributed by atoms with Crippen LogP contribution >= 0.6 is 11.8 Å². The van der Waals surface area contributed by atoms with E-state index < -0.39 is 0 Å². The van der Waals surface area contributed by atoms with Gasteiger partial charge in [-0.05, 0) is 37.5 Å². The van der Waals surface area contributed by atoms with Gasteiger partial charge in [0.2, 0.25) is 0 Å². The van der Waals surface area contributed by atoms with Gasteiger partial charge in [0, 0.05) is 12.1 Å². The predicted molar refractivity (Wildman–Crippen MR) is 45.1 cm³/mol. The molecule has 0 spiro atoms.